The van der Waals surface area contributed by atoms with Gasteiger partial charge in [-0.1, -0.05) is 29.4 Å². The first-order valence-corrected chi connectivity index (χ1v) is 9.70. The molecule has 1 rings (SSSR count). The Labute approximate surface area is 158 Å². The summed E-state index contributed by atoms with van der Waals surface area (Å²) in [5, 5.41) is -0.0687. The molecular weight excluding hydrogens is 384 g/mol. The summed E-state index contributed by atoms with van der Waals surface area (Å²) in [6, 6.07) is 3.67. The minimum absolute atomic E-state index is 0.0403. The third kappa shape index (κ3) is 5.66. The lowest BCUT2D eigenvalue weighted by atomic mass is 10.2. The van der Waals surface area contributed by atoms with Crippen molar-refractivity contribution in [3.63, 3.8) is 0 Å². The molecule has 1 aromatic carbocycles. The van der Waals surface area contributed by atoms with Gasteiger partial charge in [-0.3, -0.25) is 9.63 Å². The van der Waals surface area contributed by atoms with Crippen LogP contribution in [0.5, 0.6) is 0 Å². The van der Waals surface area contributed by atoms with E-state index >= 15 is 0 Å². The molecule has 0 atom stereocenters. The van der Waals surface area contributed by atoms with Crippen LogP contribution in [0, 0.1) is 0 Å². The van der Waals surface area contributed by atoms with Crippen molar-refractivity contribution in [3.8, 4) is 0 Å². The smallest absolute Gasteiger partial charge is 0.338 e. The fourth-order valence-corrected chi connectivity index (χ4v) is 3.38. The number of sulfonamides is 1. The van der Waals surface area contributed by atoms with Gasteiger partial charge in [0.15, 0.2) is 6.61 Å². The van der Waals surface area contributed by atoms with Crippen molar-refractivity contribution < 1.29 is 27.6 Å². The molecule has 0 fully saturated rings. The van der Waals surface area contributed by atoms with Crippen molar-refractivity contribution in [2.75, 3.05) is 34.4 Å². The average Bonchev–Trinajstić information content (AvgIpc) is 2.62. The van der Waals surface area contributed by atoms with E-state index in [0.29, 0.717) is 11.0 Å². The van der Waals surface area contributed by atoms with E-state index in [2.05, 4.69) is 4.84 Å². The van der Waals surface area contributed by atoms with E-state index in [-0.39, 0.29) is 21.4 Å². The Bertz CT molecular complexity index is 753. The lowest BCUT2D eigenvalue weighted by molar-refractivity contribution is -0.133. The number of hydrogen-bond donors (Lipinski definition) is 0. The van der Waals surface area contributed by atoms with Gasteiger partial charge < -0.3 is 9.64 Å². The van der Waals surface area contributed by atoms with E-state index in [0.717, 1.165) is 18.9 Å². The van der Waals surface area contributed by atoms with Crippen molar-refractivity contribution in [3.05, 3.63) is 28.8 Å². The van der Waals surface area contributed by atoms with E-state index in [1.165, 1.54) is 31.2 Å². The Morgan fingerprint density at radius 1 is 1.23 bits per heavy atom. The molecule has 146 valence electrons. The van der Waals surface area contributed by atoms with Crippen LogP contribution in [-0.2, 0) is 24.4 Å². The summed E-state index contributed by atoms with van der Waals surface area (Å²) in [6.45, 7) is 2.15. The summed E-state index contributed by atoms with van der Waals surface area (Å²) >= 11 is 5.93. The molecule has 0 saturated heterocycles. The minimum atomic E-state index is -4.03. The fourth-order valence-electron chi connectivity index (χ4n) is 1.91. The number of amides is 1. The fraction of sp³-hybridized carbons (Fsp3) is 0.500. The molecular formula is C16H23ClN2O6S. The van der Waals surface area contributed by atoms with E-state index in [1.807, 2.05) is 6.92 Å². The Morgan fingerprint density at radius 2 is 1.88 bits per heavy atom. The van der Waals surface area contributed by atoms with Gasteiger partial charge in [0.25, 0.3) is 15.9 Å². The first-order chi connectivity index (χ1) is 12.1. The number of halogens is 1. The van der Waals surface area contributed by atoms with Crippen LogP contribution in [0.3, 0.4) is 0 Å². The maximum absolute atomic E-state index is 12.3. The zero-order chi connectivity index (χ0) is 19.9. The van der Waals surface area contributed by atoms with Gasteiger partial charge in [0.1, 0.15) is 4.90 Å². The van der Waals surface area contributed by atoms with Crippen LogP contribution in [0.1, 0.15) is 30.1 Å². The summed E-state index contributed by atoms with van der Waals surface area (Å²) < 4.78 is 30.2. The summed E-state index contributed by atoms with van der Waals surface area (Å²) in [5.74, 6) is -1.16. The second-order valence-electron chi connectivity index (χ2n) is 5.49. The molecule has 0 spiro atoms. The molecule has 0 aliphatic rings. The topological polar surface area (TPSA) is 93.2 Å². The lowest BCUT2D eigenvalue weighted by Gasteiger charge is -2.17. The maximum Gasteiger partial charge on any atom is 0.338 e. The number of nitrogens with zero attached hydrogens (tertiary/aromatic N) is 2. The van der Waals surface area contributed by atoms with E-state index < -0.39 is 22.6 Å². The Balaban J connectivity index is 2.89. The molecule has 0 unspecified atom stereocenters. The van der Waals surface area contributed by atoms with Crippen LogP contribution in [0.25, 0.3) is 0 Å². The highest BCUT2D eigenvalue weighted by Gasteiger charge is 2.25. The van der Waals surface area contributed by atoms with Gasteiger partial charge in [0.2, 0.25) is 0 Å². The number of carbonyl (C=O) groups is 2. The van der Waals surface area contributed by atoms with Gasteiger partial charge in [-0.25, -0.2) is 13.2 Å². The summed E-state index contributed by atoms with van der Waals surface area (Å²) in [7, 11) is -0.0295. The number of hydroxylamine groups is 1. The highest BCUT2D eigenvalue weighted by Crippen LogP contribution is 2.25. The number of benzene rings is 1. The van der Waals surface area contributed by atoms with Gasteiger partial charge in [-0.05, 0) is 24.6 Å². The highest BCUT2D eigenvalue weighted by molar-refractivity contribution is 7.89. The molecule has 0 aliphatic carbocycles. The number of unbranched alkanes of at least 4 members (excludes halogenated alkanes) is 1. The standard InChI is InChI=1S/C16H23ClN2O6S/c1-5-6-9-18(2)15(20)11-25-16(21)12-7-8-13(17)14(10-12)26(22,23)19(3)24-4/h7-8,10H,5-6,9,11H2,1-4H3. The molecule has 26 heavy (non-hydrogen) atoms. The van der Waals surface area contributed by atoms with Crippen LogP contribution in [0.4, 0.5) is 0 Å². The van der Waals surface area contributed by atoms with Gasteiger partial charge in [-0.15, -0.1) is 0 Å². The molecule has 10 heteroatoms. The highest BCUT2D eigenvalue weighted by atomic mass is 35.5. The number of likely N-dealkylation sites (N-methyl/N-ethyl adjacent to an activating group) is 1. The molecule has 1 aromatic rings. The lowest BCUT2D eigenvalue weighted by Crippen LogP contribution is -2.32. The summed E-state index contributed by atoms with van der Waals surface area (Å²) in [4.78, 5) is 29.9. The molecule has 0 bridgehead atoms. The van der Waals surface area contributed by atoms with E-state index in [4.69, 9.17) is 16.3 Å². The minimum Gasteiger partial charge on any atom is -0.452 e. The summed E-state index contributed by atoms with van der Waals surface area (Å²) in [5.41, 5.74) is -0.0403. The van der Waals surface area contributed by atoms with Crippen molar-refractivity contribution in [1.82, 2.24) is 9.37 Å². The van der Waals surface area contributed by atoms with Crippen molar-refractivity contribution in [2.45, 2.75) is 24.7 Å². The molecule has 0 heterocycles. The van der Waals surface area contributed by atoms with Gasteiger partial charge in [0, 0.05) is 20.6 Å². The molecule has 0 radical (unpaired) electrons. The molecule has 0 aliphatic heterocycles. The zero-order valence-corrected chi connectivity index (χ0v) is 16.8. The second-order valence-corrected chi connectivity index (χ2v) is 7.80. The van der Waals surface area contributed by atoms with Crippen molar-refractivity contribution >= 4 is 33.5 Å². The van der Waals surface area contributed by atoms with Gasteiger partial charge in [-0.2, -0.15) is 0 Å². The van der Waals surface area contributed by atoms with Crippen LogP contribution < -0.4 is 0 Å². The Hall–Kier alpha value is -1.68. The monoisotopic (exact) mass is 406 g/mol. The molecule has 0 N–H and O–H groups in total. The predicted octanol–water partition coefficient (Wildman–Crippen LogP) is 1.94. The Morgan fingerprint density at radius 3 is 2.46 bits per heavy atom. The maximum atomic E-state index is 12.3. The third-order valence-electron chi connectivity index (χ3n) is 3.64. The molecule has 8 nitrogen and oxygen atoms in total. The van der Waals surface area contributed by atoms with E-state index in [9.17, 15) is 18.0 Å². The summed E-state index contributed by atoms with van der Waals surface area (Å²) in [6.07, 6.45) is 1.79. The van der Waals surface area contributed by atoms with Gasteiger partial charge in [0.05, 0.1) is 17.7 Å². The normalized spacial score (nSPS) is 11.5. The molecule has 0 saturated carbocycles. The first-order valence-electron chi connectivity index (χ1n) is 7.88. The predicted molar refractivity (Wildman–Crippen MR) is 96.2 cm³/mol. The Kier molecular flexibility index (Phi) is 8.48. The third-order valence-corrected chi connectivity index (χ3v) is 5.80. The van der Waals surface area contributed by atoms with Crippen LogP contribution in [0.15, 0.2) is 23.1 Å². The number of ether oxygens (including phenoxy) is 1. The average molecular weight is 407 g/mol. The number of rotatable bonds is 9. The SMILES string of the molecule is CCCCN(C)C(=O)COC(=O)c1ccc(Cl)c(S(=O)(=O)N(C)OC)c1. The van der Waals surface area contributed by atoms with Crippen LogP contribution in [-0.4, -0.2) is 64.0 Å². The number of esters is 1. The zero-order valence-electron chi connectivity index (χ0n) is 15.2. The van der Waals surface area contributed by atoms with Gasteiger partial charge >= 0.3 is 5.97 Å². The largest absolute Gasteiger partial charge is 0.452 e. The second kappa shape index (κ2) is 9.86. The first kappa shape index (κ1) is 22.4. The molecule has 1 amide bonds. The van der Waals surface area contributed by atoms with Crippen molar-refractivity contribution in [1.29, 1.82) is 0 Å². The molecule has 0 aromatic heterocycles. The number of carbonyl (C=O) groups excluding carboxylic acids is 2. The quantitative estimate of drug-likeness (QED) is 0.459. The van der Waals surface area contributed by atoms with E-state index in [1.54, 1.807) is 7.05 Å². The van der Waals surface area contributed by atoms with Crippen LogP contribution >= 0.6 is 11.6 Å². The number of hydrogen-bond acceptors (Lipinski definition) is 6. The van der Waals surface area contributed by atoms with Crippen LogP contribution in [0.2, 0.25) is 5.02 Å². The van der Waals surface area contributed by atoms with Crippen molar-refractivity contribution in [2.24, 2.45) is 0 Å².